The van der Waals surface area contributed by atoms with Crippen molar-refractivity contribution in [3.05, 3.63) is 52.1 Å². The first-order valence-electron chi connectivity index (χ1n) is 5.90. The Bertz CT molecular complexity index is 765. The van der Waals surface area contributed by atoms with E-state index < -0.39 is 0 Å². The summed E-state index contributed by atoms with van der Waals surface area (Å²) in [6, 6.07) is 5.65. The smallest absolute Gasteiger partial charge is 0.153 e. The van der Waals surface area contributed by atoms with Gasteiger partial charge in [-0.1, -0.05) is 17.7 Å². The second-order valence-electron chi connectivity index (χ2n) is 4.27. The Morgan fingerprint density at radius 1 is 1.40 bits per heavy atom. The van der Waals surface area contributed by atoms with Gasteiger partial charge in [-0.3, -0.25) is 4.79 Å². The van der Waals surface area contributed by atoms with Gasteiger partial charge in [0.05, 0.1) is 11.3 Å². The summed E-state index contributed by atoms with van der Waals surface area (Å²) < 4.78 is 1.64. The lowest BCUT2D eigenvalue weighted by atomic mass is 10.2. The molecule has 0 saturated carbocycles. The summed E-state index contributed by atoms with van der Waals surface area (Å²) in [7, 11) is 0. The monoisotopic (exact) mass is 303 g/mol. The molecule has 2 heterocycles. The van der Waals surface area contributed by atoms with E-state index in [2.05, 4.69) is 10.1 Å². The zero-order valence-electron chi connectivity index (χ0n) is 10.6. The number of hydrogen-bond acceptors (Lipinski definition) is 4. The number of thiazole rings is 1. The molecule has 2 aromatic heterocycles. The Balaban J connectivity index is 2.11. The molecule has 0 fully saturated rings. The molecular weight excluding hydrogens is 294 g/mol. The second-order valence-corrected chi connectivity index (χ2v) is 5.57. The number of hydrogen-bond donors (Lipinski definition) is 0. The van der Waals surface area contributed by atoms with Gasteiger partial charge < -0.3 is 0 Å². The van der Waals surface area contributed by atoms with Crippen LogP contribution >= 0.6 is 22.9 Å². The summed E-state index contributed by atoms with van der Waals surface area (Å²) >= 11 is 7.57. The first kappa shape index (κ1) is 13.0. The van der Waals surface area contributed by atoms with Crippen LogP contribution in [0, 0.1) is 6.92 Å². The van der Waals surface area contributed by atoms with Crippen LogP contribution in [0.1, 0.15) is 15.9 Å². The summed E-state index contributed by atoms with van der Waals surface area (Å²) in [4.78, 5) is 15.4. The highest BCUT2D eigenvalue weighted by molar-refractivity contribution is 7.13. The van der Waals surface area contributed by atoms with Crippen LogP contribution < -0.4 is 0 Å². The highest BCUT2D eigenvalue weighted by atomic mass is 35.5. The molecule has 3 rings (SSSR count). The van der Waals surface area contributed by atoms with Crippen molar-refractivity contribution in [3.8, 4) is 16.4 Å². The lowest BCUT2D eigenvalue weighted by molar-refractivity contribution is 0.112. The number of carbonyl (C=O) groups excluding carboxylic acids is 1. The van der Waals surface area contributed by atoms with Crippen LogP contribution in [0.25, 0.3) is 16.4 Å². The number of rotatable bonds is 3. The molecule has 0 bridgehead atoms. The molecule has 1 aromatic carbocycles. The molecule has 6 heteroatoms. The van der Waals surface area contributed by atoms with E-state index in [1.807, 2.05) is 30.5 Å². The van der Waals surface area contributed by atoms with Gasteiger partial charge in [0.25, 0.3) is 0 Å². The first-order chi connectivity index (χ1) is 9.69. The SMILES string of the molecule is Cc1ccc(-n2cc(C=O)c(-c3nccs3)n2)cc1Cl. The van der Waals surface area contributed by atoms with Crippen molar-refractivity contribution in [2.75, 3.05) is 0 Å². The molecule has 0 spiro atoms. The predicted molar refractivity (Wildman–Crippen MR) is 79.8 cm³/mol. The molecule has 0 saturated heterocycles. The van der Waals surface area contributed by atoms with E-state index in [1.165, 1.54) is 11.3 Å². The highest BCUT2D eigenvalue weighted by Crippen LogP contribution is 2.25. The number of aldehydes is 1. The Morgan fingerprint density at radius 3 is 2.90 bits per heavy atom. The Kier molecular flexibility index (Phi) is 3.38. The van der Waals surface area contributed by atoms with Gasteiger partial charge in [-0.2, -0.15) is 5.10 Å². The van der Waals surface area contributed by atoms with Gasteiger partial charge in [-0.25, -0.2) is 9.67 Å². The van der Waals surface area contributed by atoms with Crippen molar-refractivity contribution < 1.29 is 4.79 Å². The van der Waals surface area contributed by atoms with Crippen molar-refractivity contribution in [2.24, 2.45) is 0 Å². The van der Waals surface area contributed by atoms with Crippen LogP contribution in [0.15, 0.2) is 36.0 Å². The quantitative estimate of drug-likeness (QED) is 0.692. The summed E-state index contributed by atoms with van der Waals surface area (Å²) in [6.45, 7) is 1.94. The van der Waals surface area contributed by atoms with Gasteiger partial charge in [0.15, 0.2) is 6.29 Å². The van der Waals surface area contributed by atoms with Crippen LogP contribution in [0.2, 0.25) is 5.02 Å². The minimum Gasteiger partial charge on any atom is -0.298 e. The number of carbonyl (C=O) groups is 1. The lowest BCUT2D eigenvalue weighted by Crippen LogP contribution is -1.95. The van der Waals surface area contributed by atoms with E-state index in [-0.39, 0.29) is 0 Å². The Labute approximate surface area is 124 Å². The fourth-order valence-corrected chi connectivity index (χ4v) is 2.65. The van der Waals surface area contributed by atoms with E-state index in [4.69, 9.17) is 11.6 Å². The molecule has 20 heavy (non-hydrogen) atoms. The van der Waals surface area contributed by atoms with Crippen molar-refractivity contribution in [1.29, 1.82) is 0 Å². The maximum Gasteiger partial charge on any atom is 0.153 e. The van der Waals surface area contributed by atoms with E-state index in [9.17, 15) is 4.79 Å². The number of benzene rings is 1. The number of aryl methyl sites for hydroxylation is 1. The fourth-order valence-electron chi connectivity index (χ4n) is 1.84. The van der Waals surface area contributed by atoms with Crippen molar-refractivity contribution >= 4 is 29.2 Å². The molecule has 0 aliphatic heterocycles. The Hall–Kier alpha value is -1.98. The van der Waals surface area contributed by atoms with Crippen LogP contribution in [0.5, 0.6) is 0 Å². The maximum absolute atomic E-state index is 11.2. The summed E-state index contributed by atoms with van der Waals surface area (Å²) in [6.07, 6.45) is 4.16. The van der Waals surface area contributed by atoms with E-state index >= 15 is 0 Å². The standard InChI is InChI=1S/C14H10ClN3OS/c1-9-2-3-11(6-12(9)15)18-7-10(8-19)13(17-18)14-16-4-5-20-14/h2-8H,1H3. The minimum absolute atomic E-state index is 0.511. The highest BCUT2D eigenvalue weighted by Gasteiger charge is 2.14. The normalized spacial score (nSPS) is 10.7. The van der Waals surface area contributed by atoms with E-state index in [0.717, 1.165) is 22.5 Å². The van der Waals surface area contributed by atoms with E-state index in [1.54, 1.807) is 17.1 Å². The predicted octanol–water partition coefficient (Wildman–Crippen LogP) is 3.77. The Morgan fingerprint density at radius 2 is 2.25 bits per heavy atom. The van der Waals surface area contributed by atoms with Gasteiger partial charge in [-0.15, -0.1) is 11.3 Å². The van der Waals surface area contributed by atoms with Gasteiger partial charge in [0.1, 0.15) is 10.7 Å². The average Bonchev–Trinajstić information content (AvgIpc) is 3.09. The molecule has 4 nitrogen and oxygen atoms in total. The topological polar surface area (TPSA) is 47.8 Å². The third-order valence-corrected chi connectivity index (χ3v) is 4.11. The molecule has 0 amide bonds. The maximum atomic E-state index is 11.2. The van der Waals surface area contributed by atoms with Crippen LogP contribution in [0.4, 0.5) is 0 Å². The van der Waals surface area contributed by atoms with Crippen molar-refractivity contribution in [3.63, 3.8) is 0 Å². The molecule has 0 unspecified atom stereocenters. The van der Waals surface area contributed by atoms with Gasteiger partial charge in [-0.05, 0) is 24.6 Å². The zero-order valence-corrected chi connectivity index (χ0v) is 12.1. The van der Waals surface area contributed by atoms with Gasteiger partial charge in [0, 0.05) is 22.8 Å². The first-order valence-corrected chi connectivity index (χ1v) is 7.16. The van der Waals surface area contributed by atoms with E-state index in [0.29, 0.717) is 16.3 Å². The zero-order chi connectivity index (χ0) is 14.1. The molecule has 0 N–H and O–H groups in total. The summed E-state index contributed by atoms with van der Waals surface area (Å²) in [5.41, 5.74) is 2.91. The van der Waals surface area contributed by atoms with Crippen molar-refractivity contribution in [1.82, 2.24) is 14.8 Å². The number of nitrogens with zero attached hydrogens (tertiary/aromatic N) is 3. The van der Waals surface area contributed by atoms with Crippen LogP contribution in [-0.2, 0) is 0 Å². The summed E-state index contributed by atoms with van der Waals surface area (Å²) in [5.74, 6) is 0. The molecule has 0 atom stereocenters. The molecular formula is C14H10ClN3OS. The molecule has 3 aromatic rings. The molecule has 0 aliphatic carbocycles. The van der Waals surface area contributed by atoms with Crippen molar-refractivity contribution in [2.45, 2.75) is 6.92 Å². The lowest BCUT2D eigenvalue weighted by Gasteiger charge is -2.03. The third-order valence-electron chi connectivity index (χ3n) is 2.92. The van der Waals surface area contributed by atoms with Gasteiger partial charge in [0.2, 0.25) is 0 Å². The average molecular weight is 304 g/mol. The molecule has 100 valence electrons. The molecule has 0 aliphatic rings. The van der Waals surface area contributed by atoms with Crippen LogP contribution in [-0.4, -0.2) is 21.1 Å². The minimum atomic E-state index is 0.511. The molecule has 0 radical (unpaired) electrons. The largest absolute Gasteiger partial charge is 0.298 e. The summed E-state index contributed by atoms with van der Waals surface area (Å²) in [5, 5.41) is 7.69. The van der Waals surface area contributed by atoms with Gasteiger partial charge >= 0.3 is 0 Å². The number of aromatic nitrogens is 3. The second kappa shape index (κ2) is 5.19. The number of halogens is 1. The third kappa shape index (κ3) is 2.26. The fraction of sp³-hybridized carbons (Fsp3) is 0.0714. The van der Waals surface area contributed by atoms with Crippen LogP contribution in [0.3, 0.4) is 0 Å².